The largest absolute Gasteiger partial charge is 0.481 e. The van der Waals surface area contributed by atoms with Gasteiger partial charge in [0.1, 0.15) is 5.76 Å². The van der Waals surface area contributed by atoms with Crippen LogP contribution in [0.2, 0.25) is 0 Å². The topological polar surface area (TPSA) is 79.5 Å². The molecule has 1 saturated carbocycles. The SMILES string of the molecule is C[C@H](NC(=O)[C@H]1[C@@H](C(=O)O)C1(C)C)c1ccco1. The smallest absolute Gasteiger partial charge is 0.307 e. The number of carboxylic acids is 1. The molecule has 1 fully saturated rings. The highest BCUT2D eigenvalue weighted by atomic mass is 16.4. The first-order valence-corrected chi connectivity index (χ1v) is 5.92. The number of nitrogens with one attached hydrogen (secondary N) is 1. The monoisotopic (exact) mass is 251 g/mol. The quantitative estimate of drug-likeness (QED) is 0.855. The van der Waals surface area contributed by atoms with Crippen molar-refractivity contribution in [3.05, 3.63) is 24.2 Å². The Bertz CT molecular complexity index is 463. The lowest BCUT2D eigenvalue weighted by atomic mass is 10.1. The van der Waals surface area contributed by atoms with Crippen molar-refractivity contribution in [1.29, 1.82) is 0 Å². The summed E-state index contributed by atoms with van der Waals surface area (Å²) >= 11 is 0. The van der Waals surface area contributed by atoms with E-state index in [9.17, 15) is 9.59 Å². The summed E-state index contributed by atoms with van der Waals surface area (Å²) in [5.74, 6) is -1.54. The van der Waals surface area contributed by atoms with Gasteiger partial charge in [0.05, 0.1) is 24.1 Å². The highest BCUT2D eigenvalue weighted by molar-refractivity contribution is 5.91. The van der Waals surface area contributed by atoms with Gasteiger partial charge >= 0.3 is 5.97 Å². The van der Waals surface area contributed by atoms with Crippen molar-refractivity contribution in [2.45, 2.75) is 26.8 Å². The van der Waals surface area contributed by atoms with Crippen LogP contribution in [-0.4, -0.2) is 17.0 Å². The predicted octanol–water partition coefficient (Wildman–Crippen LogP) is 1.81. The maximum atomic E-state index is 12.0. The number of carboxylic acid groups (broad SMARTS) is 1. The van der Waals surface area contributed by atoms with Crippen LogP contribution >= 0.6 is 0 Å². The molecule has 0 aliphatic heterocycles. The van der Waals surface area contributed by atoms with Gasteiger partial charge in [-0.05, 0) is 24.5 Å². The molecule has 5 heteroatoms. The fourth-order valence-corrected chi connectivity index (χ4v) is 2.50. The second-order valence-electron chi connectivity index (χ2n) is 5.36. The van der Waals surface area contributed by atoms with Gasteiger partial charge in [0, 0.05) is 0 Å². The Morgan fingerprint density at radius 2 is 2.11 bits per heavy atom. The normalized spacial score (nSPS) is 26.4. The number of aliphatic carboxylic acids is 1. The highest BCUT2D eigenvalue weighted by Crippen LogP contribution is 2.58. The van der Waals surface area contributed by atoms with E-state index >= 15 is 0 Å². The molecule has 0 aromatic carbocycles. The average Bonchev–Trinajstić information content (AvgIpc) is 2.67. The standard InChI is InChI=1S/C13H17NO4/c1-7(8-5-4-6-18-8)14-11(15)9-10(12(16)17)13(9,2)3/h4-7,9-10H,1-3H3,(H,14,15)(H,16,17)/t7-,9+,10-/m0/s1. The molecular weight excluding hydrogens is 234 g/mol. The summed E-state index contributed by atoms with van der Waals surface area (Å²) in [7, 11) is 0. The molecule has 1 aromatic rings. The Balaban J connectivity index is 2.00. The molecule has 1 heterocycles. The summed E-state index contributed by atoms with van der Waals surface area (Å²) < 4.78 is 5.19. The maximum absolute atomic E-state index is 12.0. The Labute approximate surface area is 105 Å². The van der Waals surface area contributed by atoms with E-state index < -0.39 is 23.2 Å². The molecule has 1 amide bonds. The predicted molar refractivity (Wildman–Crippen MR) is 63.7 cm³/mol. The summed E-state index contributed by atoms with van der Waals surface area (Å²) in [6.45, 7) is 5.41. The number of carbonyl (C=O) groups excluding carboxylic acids is 1. The Hall–Kier alpha value is -1.78. The molecule has 0 saturated heterocycles. The Morgan fingerprint density at radius 3 is 2.56 bits per heavy atom. The lowest BCUT2D eigenvalue weighted by Gasteiger charge is -2.11. The van der Waals surface area contributed by atoms with Crippen LogP contribution in [0.15, 0.2) is 22.8 Å². The molecular formula is C13H17NO4. The number of hydrogen-bond donors (Lipinski definition) is 2. The second-order valence-corrected chi connectivity index (χ2v) is 5.36. The number of carbonyl (C=O) groups is 2. The van der Waals surface area contributed by atoms with Gasteiger partial charge in [-0.2, -0.15) is 0 Å². The third-order valence-corrected chi connectivity index (χ3v) is 3.70. The van der Waals surface area contributed by atoms with Gasteiger partial charge in [-0.25, -0.2) is 0 Å². The van der Waals surface area contributed by atoms with Gasteiger partial charge in [0.25, 0.3) is 0 Å². The van der Waals surface area contributed by atoms with Crippen LogP contribution < -0.4 is 5.32 Å². The lowest BCUT2D eigenvalue weighted by molar-refractivity contribution is -0.140. The van der Waals surface area contributed by atoms with Crippen molar-refractivity contribution in [2.75, 3.05) is 0 Å². The van der Waals surface area contributed by atoms with Gasteiger partial charge in [-0.3, -0.25) is 9.59 Å². The zero-order chi connectivity index (χ0) is 13.5. The van der Waals surface area contributed by atoms with Gasteiger partial charge in [-0.15, -0.1) is 0 Å². The van der Waals surface area contributed by atoms with Crippen molar-refractivity contribution in [2.24, 2.45) is 17.3 Å². The van der Waals surface area contributed by atoms with Crippen LogP contribution in [0, 0.1) is 17.3 Å². The molecule has 1 aliphatic carbocycles. The zero-order valence-corrected chi connectivity index (χ0v) is 10.6. The van der Waals surface area contributed by atoms with Crippen LogP contribution in [-0.2, 0) is 9.59 Å². The average molecular weight is 251 g/mol. The maximum Gasteiger partial charge on any atom is 0.307 e. The fourth-order valence-electron chi connectivity index (χ4n) is 2.50. The molecule has 0 bridgehead atoms. The molecule has 0 radical (unpaired) electrons. The number of rotatable bonds is 4. The van der Waals surface area contributed by atoms with Gasteiger partial charge in [0.2, 0.25) is 5.91 Å². The Morgan fingerprint density at radius 1 is 1.44 bits per heavy atom. The first kappa shape index (κ1) is 12.7. The minimum atomic E-state index is -0.911. The van der Waals surface area contributed by atoms with E-state index in [4.69, 9.17) is 9.52 Å². The van der Waals surface area contributed by atoms with Crippen molar-refractivity contribution < 1.29 is 19.1 Å². The number of hydrogen-bond acceptors (Lipinski definition) is 3. The van der Waals surface area contributed by atoms with Gasteiger partial charge in [-0.1, -0.05) is 13.8 Å². The fraction of sp³-hybridized carbons (Fsp3) is 0.538. The summed E-state index contributed by atoms with van der Waals surface area (Å²) in [5.41, 5.74) is -0.473. The van der Waals surface area contributed by atoms with Crippen molar-refractivity contribution in [3.8, 4) is 0 Å². The van der Waals surface area contributed by atoms with Crippen LogP contribution in [0.4, 0.5) is 0 Å². The molecule has 2 N–H and O–H groups in total. The summed E-state index contributed by atoms with van der Waals surface area (Å²) in [6.07, 6.45) is 1.54. The summed E-state index contributed by atoms with van der Waals surface area (Å²) in [5, 5.41) is 11.8. The third-order valence-electron chi connectivity index (χ3n) is 3.70. The van der Waals surface area contributed by atoms with Crippen LogP contribution in [0.1, 0.15) is 32.6 Å². The van der Waals surface area contributed by atoms with Crippen LogP contribution in [0.3, 0.4) is 0 Å². The molecule has 5 nitrogen and oxygen atoms in total. The van der Waals surface area contributed by atoms with Gasteiger partial charge in [0.15, 0.2) is 0 Å². The van der Waals surface area contributed by atoms with Crippen molar-refractivity contribution in [3.63, 3.8) is 0 Å². The van der Waals surface area contributed by atoms with Crippen LogP contribution in [0.25, 0.3) is 0 Å². The molecule has 0 spiro atoms. The zero-order valence-electron chi connectivity index (χ0n) is 10.6. The second kappa shape index (κ2) is 4.15. The number of furan rings is 1. The van der Waals surface area contributed by atoms with E-state index in [1.165, 1.54) is 0 Å². The molecule has 98 valence electrons. The van der Waals surface area contributed by atoms with E-state index in [0.29, 0.717) is 5.76 Å². The van der Waals surface area contributed by atoms with E-state index in [2.05, 4.69) is 5.32 Å². The van der Waals surface area contributed by atoms with E-state index in [-0.39, 0.29) is 11.9 Å². The van der Waals surface area contributed by atoms with E-state index in [1.54, 1.807) is 32.2 Å². The van der Waals surface area contributed by atoms with Crippen molar-refractivity contribution >= 4 is 11.9 Å². The first-order valence-electron chi connectivity index (χ1n) is 5.92. The number of amides is 1. The summed E-state index contributed by atoms with van der Waals surface area (Å²) in [4.78, 5) is 23.0. The molecule has 3 atom stereocenters. The van der Waals surface area contributed by atoms with E-state index in [0.717, 1.165) is 0 Å². The summed E-state index contributed by atoms with van der Waals surface area (Å²) in [6, 6.07) is 3.27. The molecule has 1 aromatic heterocycles. The molecule has 18 heavy (non-hydrogen) atoms. The lowest BCUT2D eigenvalue weighted by Crippen LogP contribution is -2.29. The van der Waals surface area contributed by atoms with Crippen molar-refractivity contribution in [1.82, 2.24) is 5.32 Å². The minimum Gasteiger partial charge on any atom is -0.481 e. The minimum absolute atomic E-state index is 0.226. The molecule has 0 unspecified atom stereocenters. The van der Waals surface area contributed by atoms with Gasteiger partial charge < -0.3 is 14.8 Å². The first-order chi connectivity index (χ1) is 8.35. The third kappa shape index (κ3) is 2.00. The van der Waals surface area contributed by atoms with E-state index in [1.807, 2.05) is 6.92 Å². The molecule has 2 rings (SSSR count). The highest BCUT2D eigenvalue weighted by Gasteiger charge is 2.65. The van der Waals surface area contributed by atoms with Crippen LogP contribution in [0.5, 0.6) is 0 Å². The Kier molecular flexibility index (Phi) is 2.92. The molecule has 1 aliphatic rings.